The first-order chi connectivity index (χ1) is 7.72. The van der Waals surface area contributed by atoms with Gasteiger partial charge in [0.25, 0.3) is 0 Å². The quantitative estimate of drug-likeness (QED) is 0.785. The van der Waals surface area contributed by atoms with Crippen LogP contribution in [0.4, 0.5) is 13.2 Å². The van der Waals surface area contributed by atoms with Gasteiger partial charge in [-0.05, 0) is 33.1 Å². The van der Waals surface area contributed by atoms with E-state index in [0.717, 1.165) is 6.42 Å². The highest BCUT2D eigenvalue weighted by Crippen LogP contribution is 2.49. The summed E-state index contributed by atoms with van der Waals surface area (Å²) in [5.41, 5.74) is -1.83. The molecule has 2 atom stereocenters. The third-order valence-corrected chi connectivity index (χ3v) is 3.18. The summed E-state index contributed by atoms with van der Waals surface area (Å²) in [7, 11) is 0. The fraction of sp³-hybridized carbons (Fsp3) is 0.909. The second kappa shape index (κ2) is 4.84. The average molecular weight is 252 g/mol. The summed E-state index contributed by atoms with van der Waals surface area (Å²) >= 11 is 0. The number of hydrogen-bond donors (Lipinski definition) is 2. The van der Waals surface area contributed by atoms with Crippen LogP contribution >= 0.6 is 0 Å². The van der Waals surface area contributed by atoms with Crippen LogP contribution in [0.3, 0.4) is 0 Å². The number of rotatable bonds is 5. The Hall–Kier alpha value is -0.780. The number of halogens is 3. The number of alkyl halides is 3. The summed E-state index contributed by atoms with van der Waals surface area (Å²) in [6.45, 7) is 5.19. The van der Waals surface area contributed by atoms with Gasteiger partial charge in [0.2, 0.25) is 5.91 Å². The third kappa shape index (κ3) is 3.34. The molecule has 0 aliphatic heterocycles. The largest absolute Gasteiger partial charge is 0.406 e. The monoisotopic (exact) mass is 252 g/mol. The molecule has 3 nitrogen and oxygen atoms in total. The number of hydrogen-bond acceptors (Lipinski definition) is 2. The normalized spacial score (nSPS) is 21.8. The molecule has 1 amide bonds. The minimum atomic E-state index is -4.28. The predicted octanol–water partition coefficient (Wildman–Crippen LogP) is 1.97. The molecule has 0 aromatic heterocycles. The Morgan fingerprint density at radius 1 is 1.35 bits per heavy atom. The number of amides is 1. The third-order valence-electron chi connectivity index (χ3n) is 3.18. The Morgan fingerprint density at radius 3 is 2.24 bits per heavy atom. The first-order valence-corrected chi connectivity index (χ1v) is 5.86. The van der Waals surface area contributed by atoms with Gasteiger partial charge >= 0.3 is 6.18 Å². The van der Waals surface area contributed by atoms with E-state index in [2.05, 4.69) is 10.6 Å². The number of carbonyl (C=O) groups excluding carboxylic acids is 1. The molecule has 0 aromatic carbocycles. The van der Waals surface area contributed by atoms with Crippen molar-refractivity contribution in [1.82, 2.24) is 10.6 Å². The Morgan fingerprint density at radius 2 is 1.88 bits per heavy atom. The molecule has 1 aliphatic rings. The van der Waals surface area contributed by atoms with E-state index in [-0.39, 0.29) is 24.8 Å². The Labute approximate surface area is 99.1 Å². The molecule has 0 saturated heterocycles. The van der Waals surface area contributed by atoms with Gasteiger partial charge in [-0.15, -0.1) is 0 Å². The van der Waals surface area contributed by atoms with Crippen molar-refractivity contribution in [3.63, 3.8) is 0 Å². The molecule has 1 fully saturated rings. The van der Waals surface area contributed by atoms with Crippen LogP contribution in [0.15, 0.2) is 0 Å². The molecule has 0 bridgehead atoms. The van der Waals surface area contributed by atoms with Crippen LogP contribution in [-0.2, 0) is 4.79 Å². The zero-order chi connectivity index (χ0) is 13.3. The molecule has 0 radical (unpaired) electrons. The summed E-state index contributed by atoms with van der Waals surface area (Å²) in [5.74, 6) is -0.380. The standard InChI is InChI=1S/C11H19F3N2O/c1-4-7(2)15-9(17)8(3)16-10(5-6-10)11(12,13)14/h7-8,16H,4-6H2,1-3H3,(H,15,17). The van der Waals surface area contributed by atoms with Crippen molar-refractivity contribution in [2.24, 2.45) is 0 Å². The van der Waals surface area contributed by atoms with Crippen LogP contribution in [-0.4, -0.2) is 29.7 Å². The lowest BCUT2D eigenvalue weighted by Gasteiger charge is -2.25. The molecule has 17 heavy (non-hydrogen) atoms. The van der Waals surface area contributed by atoms with Gasteiger partial charge in [0, 0.05) is 6.04 Å². The maximum Gasteiger partial charge on any atom is 0.406 e. The molecule has 100 valence electrons. The van der Waals surface area contributed by atoms with Crippen molar-refractivity contribution < 1.29 is 18.0 Å². The van der Waals surface area contributed by atoms with Gasteiger partial charge in [-0.3, -0.25) is 10.1 Å². The van der Waals surface area contributed by atoms with Crippen LogP contribution < -0.4 is 10.6 Å². The number of nitrogens with one attached hydrogen (secondary N) is 2. The van der Waals surface area contributed by atoms with Crippen molar-refractivity contribution in [3.8, 4) is 0 Å². The van der Waals surface area contributed by atoms with Gasteiger partial charge in [-0.1, -0.05) is 6.92 Å². The average Bonchev–Trinajstić information content (AvgIpc) is 2.97. The summed E-state index contributed by atoms with van der Waals surface area (Å²) in [6, 6.07) is -0.846. The van der Waals surface area contributed by atoms with Crippen LogP contribution in [0.2, 0.25) is 0 Å². The van der Waals surface area contributed by atoms with Gasteiger partial charge in [0.15, 0.2) is 0 Å². The summed E-state index contributed by atoms with van der Waals surface area (Å²) in [5, 5.41) is 5.06. The first-order valence-electron chi connectivity index (χ1n) is 5.86. The van der Waals surface area contributed by atoms with E-state index in [4.69, 9.17) is 0 Å². The van der Waals surface area contributed by atoms with Crippen LogP contribution in [0.1, 0.15) is 40.0 Å². The van der Waals surface area contributed by atoms with Gasteiger partial charge < -0.3 is 5.32 Å². The van der Waals surface area contributed by atoms with E-state index >= 15 is 0 Å². The minimum Gasteiger partial charge on any atom is -0.352 e. The summed E-state index contributed by atoms with van der Waals surface area (Å²) in [4.78, 5) is 11.6. The van der Waals surface area contributed by atoms with Crippen LogP contribution in [0.25, 0.3) is 0 Å². The molecule has 2 N–H and O–H groups in total. The molecule has 0 spiro atoms. The highest BCUT2D eigenvalue weighted by molar-refractivity contribution is 5.81. The van der Waals surface area contributed by atoms with Crippen molar-refractivity contribution in [2.75, 3.05) is 0 Å². The molecule has 6 heteroatoms. The molecular formula is C11H19F3N2O. The molecule has 1 aliphatic carbocycles. The predicted molar refractivity (Wildman–Crippen MR) is 58.5 cm³/mol. The minimum absolute atomic E-state index is 0.0206. The highest BCUT2D eigenvalue weighted by atomic mass is 19.4. The van der Waals surface area contributed by atoms with Crippen molar-refractivity contribution in [1.29, 1.82) is 0 Å². The second-order valence-corrected chi connectivity index (χ2v) is 4.76. The maximum absolute atomic E-state index is 12.7. The van der Waals surface area contributed by atoms with Crippen LogP contribution in [0, 0.1) is 0 Å². The van der Waals surface area contributed by atoms with E-state index < -0.39 is 17.8 Å². The van der Waals surface area contributed by atoms with Crippen molar-refractivity contribution >= 4 is 5.91 Å². The van der Waals surface area contributed by atoms with Gasteiger partial charge in [-0.25, -0.2) is 0 Å². The zero-order valence-corrected chi connectivity index (χ0v) is 10.3. The fourth-order valence-corrected chi connectivity index (χ4v) is 1.58. The zero-order valence-electron chi connectivity index (χ0n) is 10.3. The SMILES string of the molecule is CCC(C)NC(=O)C(C)NC1(C(F)(F)F)CC1. The van der Waals surface area contributed by atoms with Gasteiger partial charge in [0.1, 0.15) is 5.54 Å². The van der Waals surface area contributed by atoms with E-state index in [1.165, 1.54) is 6.92 Å². The topological polar surface area (TPSA) is 41.1 Å². The lowest BCUT2D eigenvalue weighted by Crippen LogP contribution is -2.54. The molecule has 1 saturated carbocycles. The maximum atomic E-state index is 12.7. The molecular weight excluding hydrogens is 233 g/mol. The number of carbonyl (C=O) groups is 1. The fourth-order valence-electron chi connectivity index (χ4n) is 1.58. The van der Waals surface area contributed by atoms with E-state index in [1.807, 2.05) is 13.8 Å². The molecule has 0 aromatic rings. The smallest absolute Gasteiger partial charge is 0.352 e. The van der Waals surface area contributed by atoms with E-state index in [9.17, 15) is 18.0 Å². The Kier molecular flexibility index (Phi) is 4.06. The van der Waals surface area contributed by atoms with E-state index in [1.54, 1.807) is 0 Å². The molecule has 0 heterocycles. The highest BCUT2D eigenvalue weighted by Gasteiger charge is 2.63. The van der Waals surface area contributed by atoms with Gasteiger partial charge in [-0.2, -0.15) is 13.2 Å². The first kappa shape index (κ1) is 14.3. The molecule has 2 unspecified atom stereocenters. The van der Waals surface area contributed by atoms with Crippen molar-refractivity contribution in [3.05, 3.63) is 0 Å². The summed E-state index contributed by atoms with van der Waals surface area (Å²) in [6.07, 6.45) is -3.42. The second-order valence-electron chi connectivity index (χ2n) is 4.76. The van der Waals surface area contributed by atoms with Crippen LogP contribution in [0.5, 0.6) is 0 Å². The lowest BCUT2D eigenvalue weighted by molar-refractivity contribution is -0.168. The van der Waals surface area contributed by atoms with Crippen molar-refractivity contribution in [2.45, 2.75) is 63.8 Å². The van der Waals surface area contributed by atoms with Gasteiger partial charge in [0.05, 0.1) is 6.04 Å². The lowest BCUT2D eigenvalue weighted by atomic mass is 10.2. The van der Waals surface area contributed by atoms with E-state index in [0.29, 0.717) is 0 Å². The Bertz CT molecular complexity index is 287. The summed E-state index contributed by atoms with van der Waals surface area (Å²) < 4.78 is 38.0. The molecule has 1 rings (SSSR count). The Balaban J connectivity index is 2.50.